The Bertz CT molecular complexity index is 922. The van der Waals surface area contributed by atoms with Crippen molar-refractivity contribution in [3.8, 4) is 0 Å². The SMILES string of the molecule is CCCCCC/C=C/CC(=O)N[C@@H](CCC(=O)O)CSc1ccc(C(C)(C)c2ccccc2)cc1. The summed E-state index contributed by atoms with van der Waals surface area (Å²) < 4.78 is 0. The largest absolute Gasteiger partial charge is 0.481 e. The van der Waals surface area contributed by atoms with E-state index < -0.39 is 5.97 Å². The standard InChI is InChI=1S/C30H41NO3S/c1-4-5-6-7-8-9-13-16-28(32)31-26(19-22-29(33)34)23-35-27-20-17-25(18-21-27)30(2,3)24-14-11-10-12-15-24/h9-15,17-18,20-21,26H,4-8,16,19,22-23H2,1-3H3,(H,31,32)(H,33,34)/b13-9+/t26-/m0/s1. The monoisotopic (exact) mass is 495 g/mol. The molecule has 0 aliphatic carbocycles. The zero-order valence-corrected chi connectivity index (χ0v) is 22.3. The molecule has 0 heterocycles. The summed E-state index contributed by atoms with van der Waals surface area (Å²) >= 11 is 1.65. The highest BCUT2D eigenvalue weighted by Crippen LogP contribution is 2.32. The van der Waals surface area contributed by atoms with Crippen LogP contribution < -0.4 is 5.32 Å². The van der Waals surface area contributed by atoms with Gasteiger partial charge in [0.2, 0.25) is 5.91 Å². The number of unbranched alkanes of at least 4 members (excludes halogenated alkanes) is 4. The number of hydrogen-bond donors (Lipinski definition) is 2. The molecule has 5 heteroatoms. The van der Waals surface area contributed by atoms with Crippen molar-refractivity contribution in [3.05, 3.63) is 77.9 Å². The van der Waals surface area contributed by atoms with E-state index in [1.54, 1.807) is 11.8 Å². The van der Waals surface area contributed by atoms with Gasteiger partial charge in [-0.05, 0) is 42.5 Å². The van der Waals surface area contributed by atoms with Gasteiger partial charge in [-0.2, -0.15) is 0 Å². The second kappa shape index (κ2) is 15.5. The average molecular weight is 496 g/mol. The van der Waals surface area contributed by atoms with E-state index in [0.29, 0.717) is 18.6 Å². The van der Waals surface area contributed by atoms with E-state index >= 15 is 0 Å². The molecule has 2 N–H and O–H groups in total. The number of nitrogens with one attached hydrogen (secondary N) is 1. The van der Waals surface area contributed by atoms with Crippen molar-refractivity contribution < 1.29 is 14.7 Å². The molecule has 0 radical (unpaired) electrons. The van der Waals surface area contributed by atoms with Gasteiger partial charge in [-0.3, -0.25) is 9.59 Å². The van der Waals surface area contributed by atoms with Crippen LogP contribution in [0, 0.1) is 0 Å². The fourth-order valence-electron chi connectivity index (χ4n) is 3.96. The molecule has 0 saturated carbocycles. The van der Waals surface area contributed by atoms with Crippen LogP contribution >= 0.6 is 11.8 Å². The Labute approximate surface area is 215 Å². The predicted molar refractivity (Wildman–Crippen MR) is 147 cm³/mol. The van der Waals surface area contributed by atoms with E-state index in [1.165, 1.54) is 30.4 Å². The summed E-state index contributed by atoms with van der Waals surface area (Å²) in [6, 6.07) is 18.8. The van der Waals surface area contributed by atoms with Gasteiger partial charge in [-0.15, -0.1) is 11.8 Å². The Balaban J connectivity index is 1.89. The van der Waals surface area contributed by atoms with Crippen LogP contribution in [0.25, 0.3) is 0 Å². The first-order valence-corrected chi connectivity index (χ1v) is 13.8. The second-order valence-electron chi connectivity index (χ2n) is 9.55. The quantitative estimate of drug-likeness (QED) is 0.145. The van der Waals surface area contributed by atoms with Crippen LogP contribution in [-0.4, -0.2) is 28.8 Å². The summed E-state index contributed by atoms with van der Waals surface area (Å²) in [7, 11) is 0. The molecule has 35 heavy (non-hydrogen) atoms. The van der Waals surface area contributed by atoms with Crippen molar-refractivity contribution in [2.24, 2.45) is 0 Å². The van der Waals surface area contributed by atoms with Gasteiger partial charge < -0.3 is 10.4 Å². The number of rotatable bonds is 16. The maximum absolute atomic E-state index is 12.4. The third kappa shape index (κ3) is 10.7. The zero-order valence-electron chi connectivity index (χ0n) is 21.5. The lowest BCUT2D eigenvalue weighted by Crippen LogP contribution is -2.36. The molecule has 0 aromatic heterocycles. The van der Waals surface area contributed by atoms with Crippen LogP contribution in [-0.2, 0) is 15.0 Å². The lowest BCUT2D eigenvalue weighted by molar-refractivity contribution is -0.137. The summed E-state index contributed by atoms with van der Waals surface area (Å²) in [5, 5.41) is 12.2. The number of thioether (sulfide) groups is 1. The number of carbonyl (C=O) groups is 2. The van der Waals surface area contributed by atoms with Gasteiger partial charge in [-0.25, -0.2) is 0 Å². The van der Waals surface area contributed by atoms with Crippen molar-refractivity contribution in [1.82, 2.24) is 5.32 Å². The second-order valence-corrected chi connectivity index (χ2v) is 10.6. The van der Waals surface area contributed by atoms with Gasteiger partial charge in [-0.1, -0.05) is 94.7 Å². The number of allylic oxidation sites excluding steroid dienone is 1. The molecule has 2 rings (SSSR count). The molecular weight excluding hydrogens is 454 g/mol. The molecule has 0 saturated heterocycles. The fourth-order valence-corrected chi connectivity index (χ4v) is 4.94. The Hall–Kier alpha value is -2.53. The minimum absolute atomic E-state index is 0.0446. The first kappa shape index (κ1) is 28.7. The fraction of sp³-hybridized carbons (Fsp3) is 0.467. The normalized spacial score (nSPS) is 12.5. The molecule has 0 spiro atoms. The smallest absolute Gasteiger partial charge is 0.303 e. The highest BCUT2D eigenvalue weighted by Gasteiger charge is 2.22. The number of carboxylic acids is 1. The minimum atomic E-state index is -0.839. The van der Waals surface area contributed by atoms with Crippen molar-refractivity contribution in [2.45, 2.75) is 88.5 Å². The van der Waals surface area contributed by atoms with E-state index in [9.17, 15) is 9.59 Å². The molecule has 0 fully saturated rings. The molecule has 2 aromatic rings. The van der Waals surface area contributed by atoms with E-state index in [4.69, 9.17) is 5.11 Å². The minimum Gasteiger partial charge on any atom is -0.481 e. The molecular formula is C30H41NO3S. The Morgan fingerprint density at radius 1 is 0.971 bits per heavy atom. The van der Waals surface area contributed by atoms with Crippen LogP contribution in [0.1, 0.15) is 83.3 Å². The van der Waals surface area contributed by atoms with E-state index in [2.05, 4.69) is 80.7 Å². The predicted octanol–water partition coefficient (Wildman–Crippen LogP) is 7.37. The van der Waals surface area contributed by atoms with Gasteiger partial charge in [0.1, 0.15) is 0 Å². The number of hydrogen-bond acceptors (Lipinski definition) is 3. The zero-order chi connectivity index (χ0) is 25.5. The Morgan fingerprint density at radius 3 is 2.31 bits per heavy atom. The highest BCUT2D eigenvalue weighted by molar-refractivity contribution is 7.99. The molecule has 4 nitrogen and oxygen atoms in total. The summed E-state index contributed by atoms with van der Waals surface area (Å²) in [5.74, 6) is -0.249. The molecule has 2 aromatic carbocycles. The Morgan fingerprint density at radius 2 is 1.66 bits per heavy atom. The molecule has 1 atom stereocenters. The van der Waals surface area contributed by atoms with E-state index in [0.717, 1.165) is 17.7 Å². The van der Waals surface area contributed by atoms with Gasteiger partial charge in [0.15, 0.2) is 0 Å². The molecule has 1 amide bonds. The highest BCUT2D eigenvalue weighted by atomic mass is 32.2. The maximum atomic E-state index is 12.4. The first-order valence-electron chi connectivity index (χ1n) is 12.8. The van der Waals surface area contributed by atoms with Crippen LogP contribution in [0.2, 0.25) is 0 Å². The van der Waals surface area contributed by atoms with Crippen molar-refractivity contribution in [1.29, 1.82) is 0 Å². The van der Waals surface area contributed by atoms with Gasteiger partial charge in [0.25, 0.3) is 0 Å². The molecule has 0 aliphatic rings. The lowest BCUT2D eigenvalue weighted by atomic mass is 9.78. The summed E-state index contributed by atoms with van der Waals surface area (Å²) in [5.41, 5.74) is 2.42. The number of amides is 1. The van der Waals surface area contributed by atoms with Crippen molar-refractivity contribution in [3.63, 3.8) is 0 Å². The van der Waals surface area contributed by atoms with Gasteiger partial charge in [0.05, 0.1) is 0 Å². The topological polar surface area (TPSA) is 66.4 Å². The third-order valence-corrected chi connectivity index (χ3v) is 7.46. The number of aliphatic carboxylic acids is 1. The van der Waals surface area contributed by atoms with Crippen molar-refractivity contribution in [2.75, 3.05) is 5.75 Å². The van der Waals surface area contributed by atoms with E-state index in [1.807, 2.05) is 12.1 Å². The van der Waals surface area contributed by atoms with Crippen LogP contribution in [0.15, 0.2) is 71.6 Å². The van der Waals surface area contributed by atoms with Gasteiger partial charge in [0, 0.05) is 34.9 Å². The third-order valence-electron chi connectivity index (χ3n) is 6.29. The number of benzene rings is 2. The number of carbonyl (C=O) groups excluding carboxylic acids is 1. The summed E-state index contributed by atoms with van der Waals surface area (Å²) in [6.45, 7) is 6.64. The van der Waals surface area contributed by atoms with Crippen LogP contribution in [0.3, 0.4) is 0 Å². The number of carboxylic acid groups (broad SMARTS) is 1. The molecule has 0 unspecified atom stereocenters. The maximum Gasteiger partial charge on any atom is 0.303 e. The lowest BCUT2D eigenvalue weighted by Gasteiger charge is -2.26. The molecule has 0 aliphatic heterocycles. The van der Waals surface area contributed by atoms with Gasteiger partial charge >= 0.3 is 5.97 Å². The Kier molecular flexibility index (Phi) is 12.7. The average Bonchev–Trinajstić information content (AvgIpc) is 2.86. The van der Waals surface area contributed by atoms with E-state index in [-0.39, 0.29) is 23.8 Å². The van der Waals surface area contributed by atoms with Crippen molar-refractivity contribution >= 4 is 23.6 Å². The van der Waals surface area contributed by atoms with Crippen LogP contribution in [0.5, 0.6) is 0 Å². The van der Waals surface area contributed by atoms with Crippen LogP contribution in [0.4, 0.5) is 0 Å². The summed E-state index contributed by atoms with van der Waals surface area (Å²) in [6.07, 6.45) is 10.7. The summed E-state index contributed by atoms with van der Waals surface area (Å²) in [4.78, 5) is 24.6. The first-order chi connectivity index (χ1) is 16.8. The molecule has 0 bridgehead atoms. The molecule has 190 valence electrons.